The number of nitrogens with zero attached hydrogens (tertiary/aromatic N) is 3. The van der Waals surface area contributed by atoms with Crippen molar-refractivity contribution in [3.63, 3.8) is 0 Å². The summed E-state index contributed by atoms with van der Waals surface area (Å²) in [6.45, 7) is 11.4. The first kappa shape index (κ1) is 20.3. The first-order chi connectivity index (χ1) is 14.5. The van der Waals surface area contributed by atoms with Crippen LogP contribution in [0.25, 0.3) is 16.8 Å². The van der Waals surface area contributed by atoms with E-state index in [-0.39, 0.29) is 5.56 Å². The molecular weight excluding hydrogens is 384 g/mol. The van der Waals surface area contributed by atoms with Gasteiger partial charge >= 0.3 is 0 Å². The number of morpholine rings is 1. The summed E-state index contributed by atoms with van der Waals surface area (Å²) in [5.74, 6) is 1.39. The molecule has 1 N–H and O–H groups in total. The van der Waals surface area contributed by atoms with E-state index in [1.165, 1.54) is 0 Å². The fourth-order valence-corrected chi connectivity index (χ4v) is 3.98. The molecule has 2 aromatic heterocycles. The van der Waals surface area contributed by atoms with Crippen molar-refractivity contribution in [2.24, 2.45) is 0 Å². The minimum absolute atomic E-state index is 0.0929. The van der Waals surface area contributed by atoms with Crippen LogP contribution in [0.1, 0.15) is 25.2 Å². The number of aromatic amines is 1. The van der Waals surface area contributed by atoms with E-state index in [2.05, 4.69) is 10.00 Å². The maximum atomic E-state index is 13.3. The molecule has 1 aromatic carbocycles. The molecule has 4 rings (SSSR count). The van der Waals surface area contributed by atoms with Crippen LogP contribution in [0.3, 0.4) is 0 Å². The molecule has 0 saturated carbocycles. The van der Waals surface area contributed by atoms with Crippen molar-refractivity contribution in [2.45, 2.75) is 27.7 Å². The first-order valence-electron chi connectivity index (χ1n) is 10.4. The minimum atomic E-state index is -0.0929. The number of H-pyrrole nitrogens is 1. The predicted molar refractivity (Wildman–Crippen MR) is 116 cm³/mol. The van der Waals surface area contributed by atoms with Gasteiger partial charge in [-0.05, 0) is 45.4 Å². The van der Waals surface area contributed by atoms with Gasteiger partial charge in [-0.2, -0.15) is 4.52 Å². The number of rotatable bonds is 6. The molecule has 0 radical (unpaired) electrons. The number of nitrogens with one attached hydrogen (secondary N) is 1. The summed E-state index contributed by atoms with van der Waals surface area (Å²) < 4.78 is 18.4. The zero-order valence-corrected chi connectivity index (χ0v) is 17.9. The number of fused-ring (bicyclic) bond motifs is 1. The van der Waals surface area contributed by atoms with Gasteiger partial charge in [0.25, 0.3) is 5.56 Å². The second-order valence-electron chi connectivity index (χ2n) is 7.25. The summed E-state index contributed by atoms with van der Waals surface area (Å²) in [4.78, 5) is 20.2. The lowest BCUT2D eigenvalue weighted by atomic mass is 10.1. The fourth-order valence-electron chi connectivity index (χ4n) is 3.98. The molecule has 1 aliphatic heterocycles. The smallest absolute Gasteiger partial charge is 0.296 e. The number of hydrogen-bond acceptors (Lipinski definition) is 6. The van der Waals surface area contributed by atoms with Crippen molar-refractivity contribution in [1.29, 1.82) is 0 Å². The molecule has 0 aliphatic carbocycles. The molecule has 3 heterocycles. The second-order valence-corrected chi connectivity index (χ2v) is 7.25. The van der Waals surface area contributed by atoms with Gasteiger partial charge in [0.05, 0.1) is 32.1 Å². The van der Waals surface area contributed by atoms with Crippen LogP contribution < -0.4 is 19.9 Å². The number of anilines is 1. The van der Waals surface area contributed by atoms with E-state index in [0.29, 0.717) is 62.4 Å². The number of ether oxygens (including phenoxy) is 3. The molecule has 1 aliphatic rings. The molecule has 1 saturated heterocycles. The average molecular weight is 412 g/mol. The lowest BCUT2D eigenvalue weighted by molar-refractivity contribution is 0.122. The van der Waals surface area contributed by atoms with E-state index in [1.54, 1.807) is 4.52 Å². The zero-order chi connectivity index (χ0) is 21.3. The fraction of sp³-hybridized carbons (Fsp3) is 0.455. The van der Waals surface area contributed by atoms with Gasteiger partial charge in [-0.25, -0.2) is 4.98 Å². The maximum Gasteiger partial charge on any atom is 0.296 e. The van der Waals surface area contributed by atoms with Crippen molar-refractivity contribution in [2.75, 3.05) is 44.4 Å². The van der Waals surface area contributed by atoms with Gasteiger partial charge in [0.2, 0.25) is 0 Å². The van der Waals surface area contributed by atoms with Gasteiger partial charge in [0, 0.05) is 24.3 Å². The van der Waals surface area contributed by atoms with Gasteiger partial charge in [0.1, 0.15) is 5.69 Å². The van der Waals surface area contributed by atoms with Crippen LogP contribution in [0.4, 0.5) is 5.69 Å². The van der Waals surface area contributed by atoms with E-state index >= 15 is 0 Å². The summed E-state index contributed by atoms with van der Waals surface area (Å²) in [5, 5.41) is 3.20. The largest absolute Gasteiger partial charge is 0.490 e. The topological polar surface area (TPSA) is 81.1 Å². The van der Waals surface area contributed by atoms with E-state index < -0.39 is 0 Å². The Morgan fingerprint density at radius 1 is 1.10 bits per heavy atom. The molecule has 0 bridgehead atoms. The standard InChI is InChI=1S/C22H28N4O4/c1-5-29-17-8-7-16(13-18(17)30-6-2)19-14(3)24-26-21(19)23-15(4)20(22(26)27)25-9-11-28-12-10-25/h7-8,13,24H,5-6,9-12H2,1-4H3. The molecule has 0 unspecified atom stereocenters. The summed E-state index contributed by atoms with van der Waals surface area (Å²) in [6.07, 6.45) is 0. The molecule has 160 valence electrons. The van der Waals surface area contributed by atoms with Crippen LogP contribution in [-0.4, -0.2) is 54.1 Å². The highest BCUT2D eigenvalue weighted by Crippen LogP contribution is 2.35. The van der Waals surface area contributed by atoms with Crippen LogP contribution in [-0.2, 0) is 4.74 Å². The molecule has 1 fully saturated rings. The number of hydrogen-bond donors (Lipinski definition) is 1. The number of benzene rings is 1. The van der Waals surface area contributed by atoms with Crippen molar-refractivity contribution < 1.29 is 14.2 Å². The van der Waals surface area contributed by atoms with Crippen LogP contribution in [0, 0.1) is 13.8 Å². The maximum absolute atomic E-state index is 13.3. The van der Waals surface area contributed by atoms with E-state index in [0.717, 1.165) is 22.5 Å². The third-order valence-electron chi connectivity index (χ3n) is 5.27. The molecular formula is C22H28N4O4. The summed E-state index contributed by atoms with van der Waals surface area (Å²) >= 11 is 0. The van der Waals surface area contributed by atoms with Gasteiger partial charge in [0.15, 0.2) is 17.1 Å². The minimum Gasteiger partial charge on any atom is -0.490 e. The molecule has 8 nitrogen and oxygen atoms in total. The predicted octanol–water partition coefficient (Wildman–Crippen LogP) is 2.94. The van der Waals surface area contributed by atoms with Gasteiger partial charge < -0.3 is 19.1 Å². The summed E-state index contributed by atoms with van der Waals surface area (Å²) in [5.41, 5.74) is 4.53. The van der Waals surface area contributed by atoms with Crippen molar-refractivity contribution in [3.8, 4) is 22.6 Å². The lowest BCUT2D eigenvalue weighted by Crippen LogP contribution is -2.40. The van der Waals surface area contributed by atoms with Gasteiger partial charge in [-0.1, -0.05) is 6.07 Å². The molecule has 0 spiro atoms. The van der Waals surface area contributed by atoms with Crippen LogP contribution in [0.2, 0.25) is 0 Å². The van der Waals surface area contributed by atoms with Gasteiger partial charge in [-0.3, -0.25) is 9.89 Å². The number of aryl methyl sites for hydroxylation is 2. The SMILES string of the molecule is CCOc1ccc(-c2c(C)[nH]n3c(=O)c(N4CCOCC4)c(C)nc23)cc1OCC. The Labute approximate surface area is 175 Å². The van der Waals surface area contributed by atoms with Crippen LogP contribution in [0.5, 0.6) is 11.5 Å². The Hall–Kier alpha value is -3.00. The highest BCUT2D eigenvalue weighted by molar-refractivity contribution is 5.81. The Morgan fingerprint density at radius 2 is 1.80 bits per heavy atom. The Kier molecular flexibility index (Phi) is 5.67. The number of aromatic nitrogens is 3. The van der Waals surface area contributed by atoms with E-state index in [1.807, 2.05) is 45.9 Å². The Morgan fingerprint density at radius 3 is 2.50 bits per heavy atom. The van der Waals surface area contributed by atoms with Crippen molar-refractivity contribution in [1.82, 2.24) is 14.6 Å². The quantitative estimate of drug-likeness (QED) is 0.671. The Balaban J connectivity index is 1.85. The first-order valence-corrected chi connectivity index (χ1v) is 10.4. The summed E-state index contributed by atoms with van der Waals surface area (Å²) in [6, 6.07) is 5.82. The monoisotopic (exact) mass is 412 g/mol. The van der Waals surface area contributed by atoms with Crippen LogP contribution >= 0.6 is 0 Å². The molecule has 8 heteroatoms. The highest BCUT2D eigenvalue weighted by atomic mass is 16.5. The molecule has 3 aromatic rings. The highest BCUT2D eigenvalue weighted by Gasteiger charge is 2.23. The average Bonchev–Trinajstić information content (AvgIpc) is 3.06. The van der Waals surface area contributed by atoms with Crippen LogP contribution in [0.15, 0.2) is 23.0 Å². The third kappa shape index (κ3) is 3.52. The molecule has 0 amide bonds. The Bertz CT molecular complexity index is 1110. The zero-order valence-electron chi connectivity index (χ0n) is 17.9. The third-order valence-corrected chi connectivity index (χ3v) is 5.27. The van der Waals surface area contributed by atoms with E-state index in [9.17, 15) is 4.79 Å². The van der Waals surface area contributed by atoms with Crippen molar-refractivity contribution in [3.05, 3.63) is 39.9 Å². The second kappa shape index (κ2) is 8.39. The van der Waals surface area contributed by atoms with E-state index in [4.69, 9.17) is 19.2 Å². The summed E-state index contributed by atoms with van der Waals surface area (Å²) in [7, 11) is 0. The normalized spacial score (nSPS) is 14.3. The van der Waals surface area contributed by atoms with Gasteiger partial charge in [-0.15, -0.1) is 0 Å². The lowest BCUT2D eigenvalue weighted by Gasteiger charge is -2.28. The van der Waals surface area contributed by atoms with Crippen molar-refractivity contribution >= 4 is 11.3 Å². The molecule has 0 atom stereocenters. The molecule has 30 heavy (non-hydrogen) atoms.